The van der Waals surface area contributed by atoms with Crippen LogP contribution in [0.2, 0.25) is 0 Å². The Balaban J connectivity index is 1.22. The lowest BCUT2D eigenvalue weighted by atomic mass is 9.71. The van der Waals surface area contributed by atoms with Crippen molar-refractivity contribution in [2.24, 2.45) is 5.92 Å². The SMILES string of the molecule is CCCCc1cc(=O)oc2c(C)c(OCC(=O)NCCCC(=O)N3CC[C@]4(O)CCCC[C@@H]4C3)ccc12. The van der Waals surface area contributed by atoms with Crippen molar-refractivity contribution in [1.29, 1.82) is 0 Å². The van der Waals surface area contributed by atoms with Gasteiger partial charge in [0.2, 0.25) is 5.91 Å². The van der Waals surface area contributed by atoms with Gasteiger partial charge in [0.1, 0.15) is 11.3 Å². The van der Waals surface area contributed by atoms with Gasteiger partial charge in [-0.3, -0.25) is 9.59 Å². The van der Waals surface area contributed by atoms with E-state index in [-0.39, 0.29) is 30.0 Å². The molecule has 4 rings (SSSR count). The molecule has 2 amide bonds. The normalized spacial score (nSPS) is 21.5. The summed E-state index contributed by atoms with van der Waals surface area (Å²) in [7, 11) is 0. The number of hydrogen-bond donors (Lipinski definition) is 2. The second kappa shape index (κ2) is 12.1. The fourth-order valence-electron chi connectivity index (χ4n) is 5.76. The molecule has 1 saturated carbocycles. The molecule has 2 fully saturated rings. The first kappa shape index (κ1) is 27.2. The van der Waals surface area contributed by atoms with Crippen molar-refractivity contribution in [3.05, 3.63) is 39.7 Å². The predicted molar refractivity (Wildman–Crippen MR) is 142 cm³/mol. The zero-order valence-electron chi connectivity index (χ0n) is 22.1. The number of ether oxygens (including phenoxy) is 1. The zero-order valence-corrected chi connectivity index (χ0v) is 22.1. The minimum Gasteiger partial charge on any atom is -0.483 e. The van der Waals surface area contributed by atoms with Crippen molar-refractivity contribution < 1.29 is 23.8 Å². The fraction of sp³-hybridized carbons (Fsp3) is 0.621. The molecule has 8 nitrogen and oxygen atoms in total. The number of carbonyl (C=O) groups is 2. The largest absolute Gasteiger partial charge is 0.483 e. The first-order valence-electron chi connectivity index (χ1n) is 13.8. The van der Waals surface area contributed by atoms with E-state index in [1.807, 2.05) is 24.0 Å². The van der Waals surface area contributed by atoms with Gasteiger partial charge in [-0.1, -0.05) is 26.2 Å². The van der Waals surface area contributed by atoms with Gasteiger partial charge < -0.3 is 24.5 Å². The first-order chi connectivity index (χ1) is 17.8. The molecule has 8 heteroatoms. The molecular weight excluding hydrogens is 472 g/mol. The molecule has 2 atom stereocenters. The molecule has 0 bridgehead atoms. The number of amides is 2. The van der Waals surface area contributed by atoms with E-state index < -0.39 is 5.60 Å². The summed E-state index contributed by atoms with van der Waals surface area (Å²) in [6.45, 7) is 5.41. The van der Waals surface area contributed by atoms with Gasteiger partial charge in [0.15, 0.2) is 6.61 Å². The highest BCUT2D eigenvalue weighted by Gasteiger charge is 2.43. The van der Waals surface area contributed by atoms with Gasteiger partial charge in [-0.05, 0) is 63.1 Å². The van der Waals surface area contributed by atoms with Crippen molar-refractivity contribution >= 4 is 22.8 Å². The lowest BCUT2D eigenvalue weighted by Gasteiger charge is -2.47. The zero-order chi connectivity index (χ0) is 26.4. The molecule has 0 spiro atoms. The van der Waals surface area contributed by atoms with E-state index >= 15 is 0 Å². The number of piperidine rings is 1. The fourth-order valence-corrected chi connectivity index (χ4v) is 5.76. The van der Waals surface area contributed by atoms with E-state index in [9.17, 15) is 19.5 Å². The molecule has 1 saturated heterocycles. The summed E-state index contributed by atoms with van der Waals surface area (Å²) in [6, 6.07) is 5.24. The van der Waals surface area contributed by atoms with Gasteiger partial charge in [-0.15, -0.1) is 0 Å². The summed E-state index contributed by atoms with van der Waals surface area (Å²) in [5.41, 5.74) is 1.19. The van der Waals surface area contributed by atoms with E-state index in [0.717, 1.165) is 55.9 Å². The van der Waals surface area contributed by atoms with Gasteiger partial charge in [0.25, 0.3) is 5.91 Å². The van der Waals surface area contributed by atoms with E-state index in [0.29, 0.717) is 55.8 Å². The maximum atomic E-state index is 12.7. The third-order valence-electron chi connectivity index (χ3n) is 8.03. The smallest absolute Gasteiger partial charge is 0.336 e. The number of rotatable bonds is 10. The molecule has 2 heterocycles. The van der Waals surface area contributed by atoms with Crippen LogP contribution in [-0.2, 0) is 16.0 Å². The van der Waals surface area contributed by atoms with E-state index in [4.69, 9.17) is 9.15 Å². The summed E-state index contributed by atoms with van der Waals surface area (Å²) < 4.78 is 11.2. The van der Waals surface area contributed by atoms with Gasteiger partial charge in [-0.25, -0.2) is 4.79 Å². The molecule has 0 unspecified atom stereocenters. The van der Waals surface area contributed by atoms with Crippen molar-refractivity contribution in [2.45, 2.75) is 83.7 Å². The second-order valence-corrected chi connectivity index (χ2v) is 10.6. The number of aryl methyl sites for hydroxylation is 2. The number of likely N-dealkylation sites (tertiary alicyclic amines) is 1. The second-order valence-electron chi connectivity index (χ2n) is 10.6. The molecule has 202 valence electrons. The summed E-state index contributed by atoms with van der Waals surface area (Å²) >= 11 is 0. The first-order valence-corrected chi connectivity index (χ1v) is 13.8. The molecule has 37 heavy (non-hydrogen) atoms. The molecule has 0 radical (unpaired) electrons. The minimum absolute atomic E-state index is 0.0877. The Morgan fingerprint density at radius 3 is 2.89 bits per heavy atom. The summed E-state index contributed by atoms with van der Waals surface area (Å²) in [6.07, 6.45) is 8.44. The van der Waals surface area contributed by atoms with Crippen LogP contribution in [0.15, 0.2) is 27.4 Å². The maximum absolute atomic E-state index is 12.7. The van der Waals surface area contributed by atoms with Crippen molar-refractivity contribution in [1.82, 2.24) is 10.2 Å². The number of aliphatic hydroxyl groups is 1. The lowest BCUT2D eigenvalue weighted by Crippen LogP contribution is -2.54. The van der Waals surface area contributed by atoms with Crippen molar-refractivity contribution in [3.63, 3.8) is 0 Å². The molecule has 2 aliphatic rings. The van der Waals surface area contributed by atoms with Gasteiger partial charge in [-0.2, -0.15) is 0 Å². The highest BCUT2D eigenvalue weighted by atomic mass is 16.5. The molecule has 1 aliphatic carbocycles. The van der Waals surface area contributed by atoms with Crippen LogP contribution in [0.1, 0.15) is 75.8 Å². The highest BCUT2D eigenvalue weighted by molar-refractivity contribution is 5.85. The van der Waals surface area contributed by atoms with Crippen LogP contribution >= 0.6 is 0 Å². The van der Waals surface area contributed by atoms with E-state index in [1.165, 1.54) is 0 Å². The number of carbonyl (C=O) groups excluding carboxylic acids is 2. The average molecular weight is 513 g/mol. The summed E-state index contributed by atoms with van der Waals surface area (Å²) in [5, 5.41) is 14.5. The van der Waals surface area contributed by atoms with Crippen LogP contribution in [0.25, 0.3) is 11.0 Å². The number of benzene rings is 1. The number of hydrogen-bond acceptors (Lipinski definition) is 6. The molecule has 2 N–H and O–H groups in total. The quantitative estimate of drug-likeness (QED) is 0.370. The number of nitrogens with zero attached hydrogens (tertiary/aromatic N) is 1. The Hall–Kier alpha value is -2.87. The average Bonchev–Trinajstić information content (AvgIpc) is 2.89. The van der Waals surface area contributed by atoms with Crippen LogP contribution in [-0.4, -0.2) is 53.7 Å². The molecule has 1 aromatic carbocycles. The van der Waals surface area contributed by atoms with Crippen LogP contribution in [0.3, 0.4) is 0 Å². The van der Waals surface area contributed by atoms with Gasteiger partial charge >= 0.3 is 5.63 Å². The van der Waals surface area contributed by atoms with Crippen LogP contribution in [0.4, 0.5) is 0 Å². The highest BCUT2D eigenvalue weighted by Crippen LogP contribution is 2.39. The van der Waals surface area contributed by atoms with E-state index in [2.05, 4.69) is 12.2 Å². The standard InChI is InChI=1S/C29H40N2O6/c1-3-4-8-21-17-27(34)37-28-20(2)24(12-11-23(21)28)36-19-25(32)30-15-7-10-26(33)31-16-14-29(35)13-6-5-9-22(29)18-31/h11-12,17,22,35H,3-10,13-16,18-19H2,1-2H3,(H,30,32)/t22-,29-/m1/s1. The Bertz CT molecular complexity index is 1170. The molecule has 1 aromatic heterocycles. The van der Waals surface area contributed by atoms with Gasteiger partial charge in [0, 0.05) is 49.0 Å². The minimum atomic E-state index is -0.588. The summed E-state index contributed by atoms with van der Waals surface area (Å²) in [4.78, 5) is 38.9. The van der Waals surface area contributed by atoms with Gasteiger partial charge in [0.05, 0.1) is 5.60 Å². The maximum Gasteiger partial charge on any atom is 0.336 e. The third kappa shape index (κ3) is 6.53. The van der Waals surface area contributed by atoms with Crippen LogP contribution < -0.4 is 15.7 Å². The number of fused-ring (bicyclic) bond motifs is 2. The number of nitrogens with one attached hydrogen (secondary N) is 1. The Morgan fingerprint density at radius 2 is 2.08 bits per heavy atom. The predicted octanol–water partition coefficient (Wildman–Crippen LogP) is 3.87. The Kier molecular flexibility index (Phi) is 8.90. The Morgan fingerprint density at radius 1 is 1.24 bits per heavy atom. The molecule has 1 aliphatic heterocycles. The van der Waals surface area contributed by atoms with Crippen LogP contribution in [0.5, 0.6) is 5.75 Å². The molecule has 2 aromatic rings. The number of unbranched alkanes of at least 4 members (excludes halogenated alkanes) is 1. The van der Waals surface area contributed by atoms with Crippen LogP contribution in [0, 0.1) is 12.8 Å². The summed E-state index contributed by atoms with van der Waals surface area (Å²) in [5.74, 6) is 0.506. The van der Waals surface area contributed by atoms with Crippen molar-refractivity contribution in [2.75, 3.05) is 26.2 Å². The Labute approximate surface area is 218 Å². The lowest BCUT2D eigenvalue weighted by molar-refractivity contribution is -0.143. The van der Waals surface area contributed by atoms with E-state index in [1.54, 1.807) is 6.07 Å². The molecular formula is C29H40N2O6. The monoisotopic (exact) mass is 512 g/mol. The topological polar surface area (TPSA) is 109 Å². The third-order valence-corrected chi connectivity index (χ3v) is 8.03. The van der Waals surface area contributed by atoms with Crippen molar-refractivity contribution in [3.8, 4) is 5.75 Å².